The molecule has 0 unspecified atom stereocenters. The monoisotopic (exact) mass is 390 g/mol. The van der Waals surface area contributed by atoms with E-state index in [1.807, 2.05) is 12.1 Å². The first-order valence-corrected chi connectivity index (χ1v) is 11.9. The van der Waals surface area contributed by atoms with Crippen LogP contribution >= 0.6 is 0 Å². The van der Waals surface area contributed by atoms with Crippen molar-refractivity contribution >= 4 is 16.6 Å². The van der Waals surface area contributed by atoms with E-state index in [1.54, 1.807) is 0 Å². The molecule has 3 saturated carbocycles. The van der Waals surface area contributed by atoms with Crippen molar-refractivity contribution in [2.45, 2.75) is 71.6 Å². The Morgan fingerprint density at radius 2 is 1.86 bits per heavy atom. The van der Waals surface area contributed by atoms with E-state index in [1.165, 1.54) is 44.9 Å². The quantitative estimate of drug-likeness (QED) is 0.558. The van der Waals surface area contributed by atoms with Gasteiger partial charge in [-0.25, -0.2) is 4.98 Å². The summed E-state index contributed by atoms with van der Waals surface area (Å²) in [7, 11) is 0. The number of fused-ring (bicyclic) bond motifs is 6. The normalized spacial score (nSPS) is 41.9. The molecule has 0 saturated heterocycles. The van der Waals surface area contributed by atoms with Crippen molar-refractivity contribution in [2.75, 3.05) is 0 Å². The fourth-order valence-corrected chi connectivity index (χ4v) is 8.25. The molecule has 2 aromatic rings. The van der Waals surface area contributed by atoms with Crippen LogP contribution in [0.15, 0.2) is 30.0 Å². The Balaban J connectivity index is 1.36. The molecule has 154 valence electrons. The third-order valence-corrected chi connectivity index (χ3v) is 9.90. The molecular weight excluding hydrogens is 356 g/mol. The van der Waals surface area contributed by atoms with Crippen LogP contribution in [0.25, 0.3) is 16.6 Å². The number of imidazole rings is 1. The number of benzene rings is 1. The second kappa shape index (κ2) is 6.12. The minimum Gasteiger partial charge on any atom is -0.511 e. The summed E-state index contributed by atoms with van der Waals surface area (Å²) < 4.78 is 0. The van der Waals surface area contributed by atoms with E-state index >= 15 is 0 Å². The number of aromatic nitrogens is 2. The molecule has 4 aliphatic carbocycles. The third kappa shape index (κ3) is 2.39. The Bertz CT molecular complexity index is 957. The molecular formula is C26H34N2O. The Hall–Kier alpha value is -1.77. The summed E-state index contributed by atoms with van der Waals surface area (Å²) in [5.41, 5.74) is 3.63. The number of aromatic amines is 1. The van der Waals surface area contributed by atoms with Gasteiger partial charge < -0.3 is 10.1 Å². The summed E-state index contributed by atoms with van der Waals surface area (Å²) in [6, 6.07) is 8.21. The molecule has 6 rings (SSSR count). The summed E-state index contributed by atoms with van der Waals surface area (Å²) in [6.07, 6.45) is 11.9. The number of nitrogens with one attached hydrogen (secondary N) is 1. The lowest BCUT2D eigenvalue weighted by Gasteiger charge is -2.59. The molecule has 4 aliphatic rings. The summed E-state index contributed by atoms with van der Waals surface area (Å²) >= 11 is 0. The molecule has 0 bridgehead atoms. The molecule has 0 aliphatic heterocycles. The van der Waals surface area contributed by atoms with Crippen molar-refractivity contribution in [3.63, 3.8) is 0 Å². The van der Waals surface area contributed by atoms with E-state index in [9.17, 15) is 5.11 Å². The van der Waals surface area contributed by atoms with Crippen molar-refractivity contribution in [1.82, 2.24) is 9.97 Å². The Morgan fingerprint density at radius 3 is 2.72 bits per heavy atom. The largest absolute Gasteiger partial charge is 0.511 e. The standard InChI is InChI=1S/C26H34N2O/c1-25-13-6-5-7-16(25)10-11-17-19(25)12-14-26(2)20(17)15-18(23(26)29)24-27-21-8-3-4-9-22(21)28-24/h3-4,8-9,16-17,19-20,29H,5-7,10-15H2,1-2H3,(H,27,28)/t16-,17+,19-,20-,25+,26+/m1/s1. The maximum atomic E-state index is 11.4. The van der Waals surface area contributed by atoms with Crippen LogP contribution in [0.4, 0.5) is 0 Å². The van der Waals surface area contributed by atoms with Crippen LogP contribution in [-0.4, -0.2) is 15.1 Å². The molecule has 2 N–H and O–H groups in total. The van der Waals surface area contributed by atoms with Crippen LogP contribution in [0.2, 0.25) is 0 Å². The number of rotatable bonds is 1. The summed E-state index contributed by atoms with van der Waals surface area (Å²) in [4.78, 5) is 8.33. The van der Waals surface area contributed by atoms with E-state index in [4.69, 9.17) is 4.98 Å². The van der Waals surface area contributed by atoms with Gasteiger partial charge in [0.05, 0.1) is 11.0 Å². The van der Waals surface area contributed by atoms with E-state index < -0.39 is 0 Å². The molecule has 3 nitrogen and oxygen atoms in total. The number of nitrogens with zero attached hydrogens (tertiary/aromatic N) is 1. The Kier molecular flexibility index (Phi) is 3.81. The first-order chi connectivity index (χ1) is 14.0. The summed E-state index contributed by atoms with van der Waals surface area (Å²) in [6.45, 7) is 4.97. The van der Waals surface area contributed by atoms with Crippen molar-refractivity contribution in [3.05, 3.63) is 35.8 Å². The van der Waals surface area contributed by atoms with Gasteiger partial charge in [0.2, 0.25) is 0 Å². The van der Waals surface area contributed by atoms with Gasteiger partial charge in [0.25, 0.3) is 0 Å². The van der Waals surface area contributed by atoms with Gasteiger partial charge in [0, 0.05) is 11.0 Å². The van der Waals surface area contributed by atoms with Crippen LogP contribution in [0, 0.1) is 34.5 Å². The predicted octanol–water partition coefficient (Wildman–Crippen LogP) is 6.87. The number of H-pyrrole nitrogens is 1. The van der Waals surface area contributed by atoms with Crippen molar-refractivity contribution < 1.29 is 5.11 Å². The summed E-state index contributed by atoms with van der Waals surface area (Å²) in [5.74, 6) is 4.66. The molecule has 29 heavy (non-hydrogen) atoms. The molecule has 1 aromatic carbocycles. The molecule has 0 radical (unpaired) electrons. The van der Waals surface area contributed by atoms with Gasteiger partial charge in [0.15, 0.2) is 0 Å². The fraction of sp³-hybridized carbons (Fsp3) is 0.654. The lowest BCUT2D eigenvalue weighted by Crippen LogP contribution is -2.52. The highest BCUT2D eigenvalue weighted by molar-refractivity contribution is 5.79. The number of aliphatic hydroxyl groups is 1. The molecule has 3 fully saturated rings. The van der Waals surface area contributed by atoms with Gasteiger partial charge in [-0.3, -0.25) is 0 Å². The average molecular weight is 391 g/mol. The van der Waals surface area contributed by atoms with Crippen molar-refractivity contribution in [1.29, 1.82) is 0 Å². The molecule has 0 amide bonds. The van der Waals surface area contributed by atoms with E-state index in [-0.39, 0.29) is 5.41 Å². The van der Waals surface area contributed by atoms with E-state index in [2.05, 4.69) is 31.0 Å². The number of para-hydroxylation sites is 2. The smallest absolute Gasteiger partial charge is 0.137 e. The highest BCUT2D eigenvalue weighted by atomic mass is 16.3. The maximum absolute atomic E-state index is 11.4. The van der Waals surface area contributed by atoms with Gasteiger partial charge in [-0.1, -0.05) is 38.8 Å². The van der Waals surface area contributed by atoms with Gasteiger partial charge in [-0.2, -0.15) is 0 Å². The number of allylic oxidation sites excluding steroid dienone is 2. The van der Waals surface area contributed by atoms with Crippen LogP contribution in [-0.2, 0) is 0 Å². The lowest BCUT2D eigenvalue weighted by atomic mass is 9.45. The first kappa shape index (κ1) is 18.0. The fourth-order valence-electron chi connectivity index (χ4n) is 8.25. The third-order valence-electron chi connectivity index (χ3n) is 9.90. The topological polar surface area (TPSA) is 48.9 Å². The Labute approximate surface area is 174 Å². The minimum absolute atomic E-state index is 0.0622. The minimum atomic E-state index is -0.0622. The van der Waals surface area contributed by atoms with Gasteiger partial charge in [-0.05, 0) is 86.2 Å². The van der Waals surface area contributed by atoms with Crippen LogP contribution in [0.1, 0.15) is 77.5 Å². The summed E-state index contributed by atoms with van der Waals surface area (Å²) in [5, 5.41) is 11.4. The average Bonchev–Trinajstić information content (AvgIpc) is 3.26. The molecule has 3 heteroatoms. The zero-order chi connectivity index (χ0) is 19.8. The SMILES string of the molecule is C[C@]12CCCC[C@@H]1CC[C@H]1[C@H]2CC[C@]2(C)C(O)=C(c3nc4ccccc4[nH]3)C[C@H]12. The van der Waals surface area contributed by atoms with Crippen LogP contribution in [0.3, 0.4) is 0 Å². The zero-order valence-electron chi connectivity index (χ0n) is 17.9. The second-order valence-electron chi connectivity index (χ2n) is 11.0. The van der Waals surface area contributed by atoms with Crippen molar-refractivity contribution in [2.24, 2.45) is 34.5 Å². The number of hydrogen-bond acceptors (Lipinski definition) is 2. The molecule has 1 aromatic heterocycles. The van der Waals surface area contributed by atoms with E-state index in [0.29, 0.717) is 17.1 Å². The molecule has 0 spiro atoms. The van der Waals surface area contributed by atoms with Crippen LogP contribution < -0.4 is 0 Å². The lowest BCUT2D eigenvalue weighted by molar-refractivity contribution is -0.104. The first-order valence-electron chi connectivity index (χ1n) is 11.9. The van der Waals surface area contributed by atoms with Gasteiger partial charge >= 0.3 is 0 Å². The zero-order valence-corrected chi connectivity index (χ0v) is 17.9. The second-order valence-corrected chi connectivity index (χ2v) is 11.0. The predicted molar refractivity (Wildman–Crippen MR) is 117 cm³/mol. The number of hydrogen-bond donors (Lipinski definition) is 2. The maximum Gasteiger partial charge on any atom is 0.137 e. The number of aliphatic hydroxyl groups excluding tert-OH is 1. The Morgan fingerprint density at radius 1 is 1.00 bits per heavy atom. The molecule has 1 heterocycles. The van der Waals surface area contributed by atoms with Crippen LogP contribution in [0.5, 0.6) is 0 Å². The highest BCUT2D eigenvalue weighted by Gasteiger charge is 2.59. The van der Waals surface area contributed by atoms with Gasteiger partial charge in [0.1, 0.15) is 11.6 Å². The highest BCUT2D eigenvalue weighted by Crippen LogP contribution is 2.67. The molecule has 6 atom stereocenters. The van der Waals surface area contributed by atoms with Crippen molar-refractivity contribution in [3.8, 4) is 0 Å². The van der Waals surface area contributed by atoms with E-state index in [0.717, 1.165) is 53.0 Å². The van der Waals surface area contributed by atoms with Gasteiger partial charge in [-0.15, -0.1) is 0 Å².